The molecule has 1 N–H and O–H groups in total. The fourth-order valence-electron chi connectivity index (χ4n) is 3.86. The number of carbonyl (C=O) groups is 1. The van der Waals surface area contributed by atoms with Crippen molar-refractivity contribution < 1.29 is 27.8 Å². The predicted octanol–water partition coefficient (Wildman–Crippen LogP) is 2.43. The van der Waals surface area contributed by atoms with E-state index in [1.165, 1.54) is 0 Å². The second-order valence-electron chi connectivity index (χ2n) is 7.36. The van der Waals surface area contributed by atoms with Crippen LogP contribution in [0.4, 0.5) is 18.9 Å². The van der Waals surface area contributed by atoms with Gasteiger partial charge in [-0.2, -0.15) is 18.3 Å². The van der Waals surface area contributed by atoms with Gasteiger partial charge in [-0.25, -0.2) is 19.4 Å². The third-order valence-corrected chi connectivity index (χ3v) is 5.38. The number of ether oxygens (including phenoxy) is 1. The van der Waals surface area contributed by atoms with Crippen LogP contribution >= 0.6 is 0 Å². The monoisotopic (exact) mass is 434 g/mol. The number of anilines is 1. The van der Waals surface area contributed by atoms with E-state index in [1.54, 1.807) is 33.9 Å². The van der Waals surface area contributed by atoms with Crippen molar-refractivity contribution in [3.8, 4) is 28.7 Å². The summed E-state index contributed by atoms with van der Waals surface area (Å²) in [5, 5.41) is 13.0. The van der Waals surface area contributed by atoms with Crippen LogP contribution in [0.15, 0.2) is 30.7 Å². The lowest BCUT2D eigenvalue weighted by molar-refractivity contribution is -0.142. The highest BCUT2D eigenvalue weighted by molar-refractivity contribution is 5.81. The van der Waals surface area contributed by atoms with E-state index in [0.717, 1.165) is 16.7 Å². The zero-order valence-electron chi connectivity index (χ0n) is 16.1. The molecule has 0 saturated carbocycles. The van der Waals surface area contributed by atoms with E-state index in [1.807, 2.05) is 0 Å². The molecule has 0 spiro atoms. The molecule has 5 rings (SSSR count). The number of carboxylic acids is 1. The van der Waals surface area contributed by atoms with Crippen LogP contribution in [0.25, 0.3) is 22.9 Å². The van der Waals surface area contributed by atoms with Gasteiger partial charge in [0.1, 0.15) is 42.8 Å². The molecular formula is C19H17F3N6O3. The van der Waals surface area contributed by atoms with Gasteiger partial charge in [0.2, 0.25) is 0 Å². The fourth-order valence-corrected chi connectivity index (χ4v) is 3.86. The first kappa shape index (κ1) is 19.4. The van der Waals surface area contributed by atoms with Crippen molar-refractivity contribution in [3.63, 3.8) is 0 Å². The van der Waals surface area contributed by atoms with Gasteiger partial charge >= 0.3 is 12.1 Å². The number of aromatic nitrogens is 5. The molecular weight excluding hydrogens is 417 g/mol. The first-order valence-corrected chi connectivity index (χ1v) is 9.59. The Morgan fingerprint density at radius 2 is 2.10 bits per heavy atom. The highest BCUT2D eigenvalue weighted by Crippen LogP contribution is 2.38. The van der Waals surface area contributed by atoms with Crippen molar-refractivity contribution in [2.45, 2.75) is 31.7 Å². The average Bonchev–Trinajstić information content (AvgIpc) is 3.22. The normalized spacial score (nSPS) is 17.9. The number of imidazole rings is 1. The number of benzene rings is 1. The SMILES string of the molecule is O=C(O)C1CCN1c1ccc2c(c1)OCCn1cc(-c3ncnn3CC(F)(F)F)nc1-2. The highest BCUT2D eigenvalue weighted by Gasteiger charge is 2.35. The minimum absolute atomic E-state index is 0.0295. The summed E-state index contributed by atoms with van der Waals surface area (Å²) in [6.45, 7) is 0.162. The Bertz CT molecular complexity index is 1160. The molecule has 1 atom stereocenters. The van der Waals surface area contributed by atoms with Gasteiger partial charge in [-0.15, -0.1) is 0 Å². The lowest BCUT2D eigenvalue weighted by Crippen LogP contribution is -2.52. The number of hydrogen-bond donors (Lipinski definition) is 1. The molecule has 0 amide bonds. The van der Waals surface area contributed by atoms with Crippen LogP contribution in [-0.2, 0) is 17.9 Å². The smallest absolute Gasteiger partial charge is 0.408 e. The second kappa shape index (κ2) is 7.00. The third kappa shape index (κ3) is 3.47. The fraction of sp³-hybridized carbons (Fsp3) is 0.368. The summed E-state index contributed by atoms with van der Waals surface area (Å²) >= 11 is 0. The van der Waals surface area contributed by atoms with E-state index in [-0.39, 0.29) is 11.5 Å². The molecule has 4 heterocycles. The van der Waals surface area contributed by atoms with Crippen LogP contribution < -0.4 is 9.64 Å². The zero-order chi connectivity index (χ0) is 21.8. The number of halogens is 3. The molecule has 0 radical (unpaired) electrons. The molecule has 1 saturated heterocycles. The minimum atomic E-state index is -4.43. The highest BCUT2D eigenvalue weighted by atomic mass is 19.4. The van der Waals surface area contributed by atoms with Crippen molar-refractivity contribution in [2.24, 2.45) is 0 Å². The topological polar surface area (TPSA) is 98.3 Å². The van der Waals surface area contributed by atoms with Crippen molar-refractivity contribution in [1.29, 1.82) is 0 Å². The van der Waals surface area contributed by atoms with Gasteiger partial charge in [-0.1, -0.05) is 0 Å². The standard InChI is InChI=1S/C19H17F3N6O3/c20-19(21,22)9-28-17(23-10-24-28)13-8-26-5-6-31-15-7-11(1-2-12(15)16(26)25-13)27-4-3-14(27)18(29)30/h1-2,7-8,10,14H,3-6,9H2,(H,29,30). The molecule has 31 heavy (non-hydrogen) atoms. The summed E-state index contributed by atoms with van der Waals surface area (Å²) in [6, 6.07) is 4.81. The molecule has 3 aromatic rings. The Morgan fingerprint density at radius 3 is 2.81 bits per heavy atom. The first-order valence-electron chi connectivity index (χ1n) is 9.59. The quantitative estimate of drug-likeness (QED) is 0.674. The van der Waals surface area contributed by atoms with Gasteiger partial charge in [0.05, 0.1) is 12.1 Å². The number of fused-ring (bicyclic) bond motifs is 3. The lowest BCUT2D eigenvalue weighted by atomic mass is 10.0. The maximum absolute atomic E-state index is 12.8. The molecule has 2 aliphatic rings. The Morgan fingerprint density at radius 1 is 1.26 bits per heavy atom. The number of hydrogen-bond acceptors (Lipinski definition) is 6. The molecule has 0 aliphatic carbocycles. The summed E-state index contributed by atoms with van der Waals surface area (Å²) in [4.78, 5) is 21.6. The van der Waals surface area contributed by atoms with Crippen LogP contribution in [-0.4, -0.2) is 60.8 Å². The molecule has 162 valence electrons. The number of carboxylic acid groups (broad SMARTS) is 1. The Kier molecular flexibility index (Phi) is 4.38. The second-order valence-corrected chi connectivity index (χ2v) is 7.36. The van der Waals surface area contributed by atoms with E-state index in [4.69, 9.17) is 4.74 Å². The van der Waals surface area contributed by atoms with Gasteiger partial charge in [-0.05, 0) is 18.6 Å². The van der Waals surface area contributed by atoms with Crippen LogP contribution in [0.1, 0.15) is 6.42 Å². The molecule has 2 aliphatic heterocycles. The molecule has 1 fully saturated rings. The lowest BCUT2D eigenvalue weighted by Gasteiger charge is -2.40. The van der Waals surface area contributed by atoms with Crippen molar-refractivity contribution in [2.75, 3.05) is 18.1 Å². The predicted molar refractivity (Wildman–Crippen MR) is 102 cm³/mol. The van der Waals surface area contributed by atoms with Crippen molar-refractivity contribution in [3.05, 3.63) is 30.7 Å². The van der Waals surface area contributed by atoms with E-state index in [2.05, 4.69) is 15.1 Å². The maximum Gasteiger partial charge on any atom is 0.408 e. The van der Waals surface area contributed by atoms with E-state index >= 15 is 0 Å². The molecule has 2 aromatic heterocycles. The summed E-state index contributed by atoms with van der Waals surface area (Å²) in [5.41, 5.74) is 1.69. The summed E-state index contributed by atoms with van der Waals surface area (Å²) in [6.07, 6.45) is -1.14. The Labute approximate surface area is 173 Å². The first-order chi connectivity index (χ1) is 14.8. The molecule has 1 unspecified atom stereocenters. The molecule has 12 heteroatoms. The summed E-state index contributed by atoms with van der Waals surface area (Å²) < 4.78 is 46.9. The maximum atomic E-state index is 12.8. The number of aliphatic carboxylic acids is 1. The summed E-state index contributed by atoms with van der Waals surface area (Å²) in [7, 11) is 0. The van der Waals surface area contributed by atoms with Gasteiger partial charge in [0.15, 0.2) is 5.82 Å². The van der Waals surface area contributed by atoms with Crippen molar-refractivity contribution in [1.82, 2.24) is 24.3 Å². The molecule has 9 nitrogen and oxygen atoms in total. The van der Waals surface area contributed by atoms with Crippen molar-refractivity contribution >= 4 is 11.7 Å². The molecule has 1 aromatic carbocycles. The number of rotatable bonds is 4. The average molecular weight is 434 g/mol. The number of alkyl halides is 3. The summed E-state index contributed by atoms with van der Waals surface area (Å²) in [5.74, 6) is 0.238. The molecule has 0 bridgehead atoms. The largest absolute Gasteiger partial charge is 0.491 e. The van der Waals surface area contributed by atoms with Gasteiger partial charge in [-0.3, -0.25) is 0 Å². The van der Waals surface area contributed by atoms with Gasteiger partial charge in [0.25, 0.3) is 0 Å². The van der Waals surface area contributed by atoms with E-state index in [0.29, 0.717) is 43.3 Å². The van der Waals surface area contributed by atoms with Crippen LogP contribution in [0.5, 0.6) is 5.75 Å². The van der Waals surface area contributed by atoms with Crippen LogP contribution in [0.3, 0.4) is 0 Å². The van der Waals surface area contributed by atoms with E-state index < -0.39 is 24.7 Å². The Hall–Kier alpha value is -3.57. The minimum Gasteiger partial charge on any atom is -0.491 e. The zero-order valence-corrected chi connectivity index (χ0v) is 16.1. The van der Waals surface area contributed by atoms with Crippen LogP contribution in [0.2, 0.25) is 0 Å². The third-order valence-electron chi connectivity index (χ3n) is 5.38. The van der Waals surface area contributed by atoms with Gasteiger partial charge < -0.3 is 19.3 Å². The Balaban J connectivity index is 1.50. The number of nitrogens with zero attached hydrogens (tertiary/aromatic N) is 6. The van der Waals surface area contributed by atoms with Crippen LogP contribution in [0, 0.1) is 0 Å². The van der Waals surface area contributed by atoms with Gasteiger partial charge in [0, 0.05) is 24.5 Å². The van der Waals surface area contributed by atoms with E-state index in [9.17, 15) is 23.1 Å².